The first-order chi connectivity index (χ1) is 26.6. The molecule has 0 amide bonds. The van der Waals surface area contributed by atoms with Gasteiger partial charge in [0.1, 0.15) is 11.4 Å². The first kappa shape index (κ1) is 43.9. The largest absolute Gasteiger partial charge is 1.00 e. The number of Topliss-reactive ketones (excluding diaryl/α,β-unsaturated/α-hetero) is 1. The average Bonchev–Trinajstić information content (AvgIpc) is 3.68. The van der Waals surface area contributed by atoms with E-state index < -0.39 is 40.2 Å². The summed E-state index contributed by atoms with van der Waals surface area (Å²) in [6, 6.07) is 8.06. The van der Waals surface area contributed by atoms with Crippen molar-refractivity contribution in [2.24, 2.45) is 0 Å². The second-order valence-corrected chi connectivity index (χ2v) is 16.4. The fourth-order valence-corrected chi connectivity index (χ4v) is 11.9. The van der Waals surface area contributed by atoms with Gasteiger partial charge in [0.2, 0.25) is 0 Å². The molecular weight excluding hydrogens is 759 g/mol. The predicted molar refractivity (Wildman–Crippen MR) is 203 cm³/mol. The van der Waals surface area contributed by atoms with E-state index in [1.165, 1.54) is 25.0 Å². The van der Waals surface area contributed by atoms with Crippen LogP contribution in [0.5, 0.6) is 23.0 Å². The maximum absolute atomic E-state index is 12.7. The Hall–Kier alpha value is -3.66. The number of likely N-dealkylation sites (N-methyl/N-ethyl adjacent to an activating group) is 2. The van der Waals surface area contributed by atoms with Crippen LogP contribution in [-0.4, -0.2) is 115 Å². The summed E-state index contributed by atoms with van der Waals surface area (Å²) in [5.41, 5.74) is 1.55. The van der Waals surface area contributed by atoms with Crippen molar-refractivity contribution in [1.29, 1.82) is 0 Å². The Morgan fingerprint density at radius 3 is 1.88 bits per heavy atom. The maximum Gasteiger partial charge on any atom is 1.00 e. The van der Waals surface area contributed by atoms with Crippen molar-refractivity contribution in [2.45, 2.75) is 119 Å². The molecule has 3 fully saturated rings. The molecule has 10 rings (SSSR count). The number of likely N-dealkylation sites (tertiary alicyclic amines) is 2. The van der Waals surface area contributed by atoms with E-state index in [0.717, 1.165) is 56.8 Å². The van der Waals surface area contributed by atoms with Gasteiger partial charge in [-0.05, 0) is 95.5 Å². The number of nitrogens with zero attached hydrogens (tertiary/aromatic N) is 2. The molecule has 8 atom stereocenters. The Bertz CT molecular complexity index is 2070. The van der Waals surface area contributed by atoms with Crippen LogP contribution >= 0.6 is 0 Å². The van der Waals surface area contributed by atoms with Crippen molar-refractivity contribution in [2.75, 3.05) is 41.4 Å². The second-order valence-electron chi connectivity index (χ2n) is 16.4. The molecule has 308 valence electrons. The molecule has 1 saturated carbocycles. The molecule has 2 aromatic carbocycles. The number of ketones is 1. The van der Waals surface area contributed by atoms with E-state index in [-0.39, 0.29) is 66.8 Å². The van der Waals surface area contributed by atoms with Crippen LogP contribution in [0.15, 0.2) is 36.1 Å². The zero-order valence-electron chi connectivity index (χ0n) is 33.9. The summed E-state index contributed by atoms with van der Waals surface area (Å²) < 4.78 is 35.5. The number of ether oxygens (including phenoxy) is 6. The van der Waals surface area contributed by atoms with Crippen LogP contribution in [0.1, 0.15) is 82.6 Å². The Labute approximate surface area is 361 Å². The molecule has 4 heterocycles. The van der Waals surface area contributed by atoms with Gasteiger partial charge in [-0.1, -0.05) is 19.6 Å². The zero-order valence-corrected chi connectivity index (χ0v) is 35.9. The third kappa shape index (κ3) is 5.87. The van der Waals surface area contributed by atoms with E-state index in [1.807, 2.05) is 18.2 Å². The van der Waals surface area contributed by atoms with E-state index in [2.05, 4.69) is 36.0 Å². The molecule has 2 aromatic rings. The molecule has 2 saturated heterocycles. The van der Waals surface area contributed by atoms with Crippen molar-refractivity contribution < 1.29 is 87.4 Å². The van der Waals surface area contributed by atoms with Crippen molar-refractivity contribution >= 4 is 23.7 Å². The van der Waals surface area contributed by atoms with Gasteiger partial charge < -0.3 is 48.3 Å². The fraction of sp³-hybridized carbons (Fsp3) is 0.581. The molecule has 4 aliphatic heterocycles. The summed E-state index contributed by atoms with van der Waals surface area (Å²) in [6.45, 7) is 5.52. The SMILES string of the molecule is C.CC(=O)[O-].COc1ccc2c3c1OC1C(=O)CC[C@@]4(O)[C@@H](C2)N(C)CC[C@]314.COc1ccc2c3c1OC1C(OC(C)=O)=CC[C@@]4(OC(C)=O)[C@@H](C2)N(C)CC[C@]314.[Na+]. The fourth-order valence-electron chi connectivity index (χ4n) is 11.9. The number of carbonyl (C=O) groups excluding carboxylic acids is 4. The Morgan fingerprint density at radius 2 is 1.33 bits per heavy atom. The van der Waals surface area contributed by atoms with Crippen LogP contribution < -0.4 is 53.6 Å². The van der Waals surface area contributed by atoms with Crippen LogP contribution in [0.4, 0.5) is 0 Å². The molecular formula is C43H53N2NaO12. The number of hydrogen-bond acceptors (Lipinski definition) is 14. The number of carbonyl (C=O) groups is 4. The van der Waals surface area contributed by atoms with Gasteiger partial charge in [-0.3, -0.25) is 19.3 Å². The van der Waals surface area contributed by atoms with Gasteiger partial charge in [-0.25, -0.2) is 0 Å². The summed E-state index contributed by atoms with van der Waals surface area (Å²) in [4.78, 5) is 50.2. The second kappa shape index (κ2) is 15.4. The van der Waals surface area contributed by atoms with Crippen molar-refractivity contribution in [1.82, 2.24) is 9.80 Å². The Morgan fingerprint density at radius 1 is 0.810 bits per heavy atom. The van der Waals surface area contributed by atoms with E-state index in [4.69, 9.17) is 38.3 Å². The minimum Gasteiger partial charge on any atom is -0.550 e. The molecule has 58 heavy (non-hydrogen) atoms. The minimum absolute atomic E-state index is 0. The Kier molecular flexibility index (Phi) is 11.7. The van der Waals surface area contributed by atoms with Crippen molar-refractivity contribution in [3.05, 3.63) is 58.4 Å². The van der Waals surface area contributed by atoms with Crippen LogP contribution in [0.25, 0.3) is 0 Å². The van der Waals surface area contributed by atoms with Gasteiger partial charge >= 0.3 is 41.5 Å². The van der Waals surface area contributed by atoms with E-state index >= 15 is 0 Å². The minimum atomic E-state index is -1.08. The van der Waals surface area contributed by atoms with Gasteiger partial charge in [-0.2, -0.15) is 0 Å². The van der Waals surface area contributed by atoms with E-state index in [1.54, 1.807) is 14.2 Å². The molecule has 0 radical (unpaired) electrons. The summed E-state index contributed by atoms with van der Waals surface area (Å²) in [6.07, 6.45) is 5.17. The number of aliphatic hydroxyl groups is 1. The zero-order chi connectivity index (χ0) is 40.1. The smallest absolute Gasteiger partial charge is 0.550 e. The number of benzene rings is 2. The molecule has 2 unspecified atom stereocenters. The van der Waals surface area contributed by atoms with Crippen LogP contribution in [0.3, 0.4) is 0 Å². The van der Waals surface area contributed by atoms with Crippen molar-refractivity contribution in [3.63, 3.8) is 0 Å². The number of hydrogen-bond donors (Lipinski definition) is 1. The number of aliphatic carboxylic acids is 1. The number of methoxy groups -OCH3 is 2. The summed E-state index contributed by atoms with van der Waals surface area (Å²) in [5.74, 6) is 1.50. The normalized spacial score (nSPS) is 33.4. The van der Waals surface area contributed by atoms with Gasteiger partial charge in [0.15, 0.2) is 41.0 Å². The summed E-state index contributed by atoms with van der Waals surface area (Å²) in [5, 5.41) is 20.6. The first-order valence-electron chi connectivity index (χ1n) is 19.3. The third-order valence-electron chi connectivity index (χ3n) is 13.8. The van der Waals surface area contributed by atoms with Gasteiger partial charge in [0, 0.05) is 49.8 Å². The third-order valence-corrected chi connectivity index (χ3v) is 13.8. The number of piperidine rings is 2. The Balaban J connectivity index is 0.000000177. The van der Waals surface area contributed by atoms with E-state index in [9.17, 15) is 19.5 Å². The van der Waals surface area contributed by atoms with E-state index in [0.29, 0.717) is 48.0 Å². The first-order valence-corrected chi connectivity index (χ1v) is 19.3. The molecule has 15 heteroatoms. The quantitative estimate of drug-likeness (QED) is 0.311. The standard InChI is InChI=1S/C22H25NO6.C18H21NO4.C2H4O2.CH4.Na/c1-12(24)27-16-7-8-22(29-13(2)25)17-11-14-5-6-15(26-4)19-18(14)21(22,20(16)28-19)9-10-23(17)3;1-19-8-7-17-14-10-3-4-12(22-2)15(14)23-16(17)11(20)5-6-18(17,21)13(19)9-10;1-2(3)4;;/h5-7,17,20H,8-11H2,1-4H3;3-4,13,16,21H,5-9H2,1-2H3;1H3,(H,3,4);1H4;/q;;;;+1/p-1/t17-,20?,21+,22-;13-,16?,17+,18-;;;/m11.../s1. The summed E-state index contributed by atoms with van der Waals surface area (Å²) in [7, 11) is 7.39. The number of esters is 2. The van der Waals surface area contributed by atoms with Crippen LogP contribution in [0.2, 0.25) is 0 Å². The maximum atomic E-state index is 12.7. The number of carboxylic acid groups (broad SMARTS) is 1. The molecule has 1 N–H and O–H groups in total. The molecule has 2 spiro atoms. The number of rotatable bonds is 4. The van der Waals surface area contributed by atoms with Gasteiger partial charge in [0.25, 0.3) is 0 Å². The molecule has 0 aromatic heterocycles. The summed E-state index contributed by atoms with van der Waals surface area (Å²) >= 11 is 0. The topological polar surface area (TPSA) is 173 Å². The monoisotopic (exact) mass is 812 g/mol. The van der Waals surface area contributed by atoms with Crippen LogP contribution in [-0.2, 0) is 52.3 Å². The van der Waals surface area contributed by atoms with Crippen LogP contribution in [0, 0.1) is 0 Å². The molecule has 4 aliphatic carbocycles. The predicted octanol–water partition coefficient (Wildman–Crippen LogP) is -0.449. The average molecular weight is 813 g/mol. The molecule has 4 bridgehead atoms. The molecule has 14 nitrogen and oxygen atoms in total. The van der Waals surface area contributed by atoms with Gasteiger partial charge in [-0.15, -0.1) is 0 Å². The number of carboxylic acids is 1. The van der Waals surface area contributed by atoms with Crippen molar-refractivity contribution in [3.8, 4) is 23.0 Å². The van der Waals surface area contributed by atoms with Gasteiger partial charge in [0.05, 0.1) is 36.7 Å². The molecule has 8 aliphatic rings.